The van der Waals surface area contributed by atoms with Gasteiger partial charge in [-0.2, -0.15) is 11.3 Å². The van der Waals surface area contributed by atoms with Gasteiger partial charge >= 0.3 is 0 Å². The van der Waals surface area contributed by atoms with E-state index in [9.17, 15) is 0 Å². The number of rotatable bonds is 1. The Morgan fingerprint density at radius 3 is 3.00 bits per heavy atom. The highest BCUT2D eigenvalue weighted by Gasteiger charge is 2.18. The van der Waals surface area contributed by atoms with Gasteiger partial charge in [0.2, 0.25) is 0 Å². The summed E-state index contributed by atoms with van der Waals surface area (Å²) in [5, 5.41) is 7.98. The zero-order valence-corrected chi connectivity index (χ0v) is 8.23. The van der Waals surface area contributed by atoms with Gasteiger partial charge in [0.15, 0.2) is 0 Å². The van der Waals surface area contributed by atoms with Crippen molar-refractivity contribution in [3.63, 3.8) is 0 Å². The minimum absolute atomic E-state index is 0.722. The molecule has 1 N–H and O–H groups in total. The van der Waals surface area contributed by atoms with E-state index in [2.05, 4.69) is 29.1 Å². The van der Waals surface area contributed by atoms with Crippen molar-refractivity contribution in [3.05, 3.63) is 22.4 Å². The van der Waals surface area contributed by atoms with E-state index >= 15 is 0 Å². The third-order valence-electron chi connectivity index (χ3n) is 2.68. The summed E-state index contributed by atoms with van der Waals surface area (Å²) in [5.41, 5.74) is 1.53. The first kappa shape index (κ1) is 8.27. The van der Waals surface area contributed by atoms with Crippen molar-refractivity contribution in [1.82, 2.24) is 5.32 Å². The van der Waals surface area contributed by atoms with Gasteiger partial charge < -0.3 is 5.32 Å². The van der Waals surface area contributed by atoms with E-state index in [1.54, 1.807) is 11.3 Å². The fourth-order valence-corrected chi connectivity index (χ4v) is 2.53. The van der Waals surface area contributed by atoms with Crippen molar-refractivity contribution in [1.29, 1.82) is 0 Å². The Morgan fingerprint density at radius 2 is 2.42 bits per heavy atom. The molecule has 12 heavy (non-hydrogen) atoms. The predicted octanol–water partition coefficient (Wildman–Crippen LogP) is 2.60. The quantitative estimate of drug-likeness (QED) is 0.702. The van der Waals surface area contributed by atoms with E-state index in [1.807, 2.05) is 0 Å². The van der Waals surface area contributed by atoms with E-state index in [4.69, 9.17) is 0 Å². The summed E-state index contributed by atoms with van der Waals surface area (Å²) in [5.74, 6) is 0.771. The van der Waals surface area contributed by atoms with Crippen LogP contribution in [0, 0.1) is 0 Å². The summed E-state index contributed by atoms with van der Waals surface area (Å²) in [6.07, 6.45) is 2.67. The Morgan fingerprint density at radius 1 is 1.50 bits per heavy atom. The zero-order chi connectivity index (χ0) is 8.39. The molecule has 1 aromatic rings. The van der Waals surface area contributed by atoms with Crippen LogP contribution in [-0.4, -0.2) is 12.6 Å². The molecule has 0 aromatic carbocycles. The molecule has 66 valence electrons. The highest BCUT2D eigenvalue weighted by Crippen LogP contribution is 2.26. The maximum absolute atomic E-state index is 3.52. The van der Waals surface area contributed by atoms with Crippen LogP contribution in [0.5, 0.6) is 0 Å². The number of nitrogens with one attached hydrogen (secondary N) is 1. The molecule has 1 aliphatic heterocycles. The van der Waals surface area contributed by atoms with Crippen molar-refractivity contribution in [2.45, 2.75) is 31.7 Å². The first-order chi connectivity index (χ1) is 5.86. The Balaban J connectivity index is 1.99. The van der Waals surface area contributed by atoms with Crippen LogP contribution in [0.15, 0.2) is 16.8 Å². The van der Waals surface area contributed by atoms with Crippen LogP contribution in [0.1, 0.15) is 31.2 Å². The summed E-state index contributed by atoms with van der Waals surface area (Å²) in [6, 6.07) is 2.98. The summed E-state index contributed by atoms with van der Waals surface area (Å²) < 4.78 is 0. The first-order valence-electron chi connectivity index (χ1n) is 4.62. The summed E-state index contributed by atoms with van der Waals surface area (Å²) in [6.45, 7) is 3.43. The van der Waals surface area contributed by atoms with Crippen LogP contribution in [0.25, 0.3) is 0 Å². The van der Waals surface area contributed by atoms with E-state index in [0.717, 1.165) is 18.5 Å². The molecule has 1 aliphatic rings. The number of piperidine rings is 1. The van der Waals surface area contributed by atoms with Crippen LogP contribution >= 0.6 is 11.3 Å². The molecule has 2 heterocycles. The molecule has 1 aromatic heterocycles. The summed E-state index contributed by atoms with van der Waals surface area (Å²) in [7, 11) is 0. The molecule has 2 unspecified atom stereocenters. The van der Waals surface area contributed by atoms with Crippen molar-refractivity contribution >= 4 is 11.3 Å². The maximum Gasteiger partial charge on any atom is 0.00391 e. The normalized spacial score (nSPS) is 30.4. The van der Waals surface area contributed by atoms with Gasteiger partial charge in [-0.15, -0.1) is 0 Å². The average Bonchev–Trinajstić information content (AvgIpc) is 2.58. The molecule has 1 nitrogen and oxygen atoms in total. The highest BCUT2D eigenvalue weighted by molar-refractivity contribution is 7.07. The van der Waals surface area contributed by atoms with Gasteiger partial charge in [0, 0.05) is 12.6 Å². The number of thiophene rings is 1. The summed E-state index contributed by atoms with van der Waals surface area (Å²) in [4.78, 5) is 0. The van der Waals surface area contributed by atoms with Crippen molar-refractivity contribution in [2.75, 3.05) is 6.54 Å². The largest absolute Gasteiger partial charge is 0.314 e. The lowest BCUT2D eigenvalue weighted by Crippen LogP contribution is -2.35. The molecule has 0 bridgehead atoms. The van der Waals surface area contributed by atoms with Crippen molar-refractivity contribution in [2.24, 2.45) is 0 Å². The fraction of sp³-hybridized carbons (Fsp3) is 0.600. The van der Waals surface area contributed by atoms with Gasteiger partial charge in [-0.3, -0.25) is 0 Å². The molecule has 2 heteroatoms. The molecule has 0 saturated carbocycles. The van der Waals surface area contributed by atoms with Crippen molar-refractivity contribution in [3.8, 4) is 0 Å². The second-order valence-electron chi connectivity index (χ2n) is 3.64. The van der Waals surface area contributed by atoms with E-state index < -0.39 is 0 Å². The van der Waals surface area contributed by atoms with E-state index in [0.29, 0.717) is 0 Å². The predicted molar refractivity (Wildman–Crippen MR) is 53.8 cm³/mol. The van der Waals surface area contributed by atoms with E-state index in [1.165, 1.54) is 18.4 Å². The van der Waals surface area contributed by atoms with Crippen molar-refractivity contribution < 1.29 is 0 Å². The SMILES string of the molecule is CC1CCC(c2ccsc2)CN1. The van der Waals surface area contributed by atoms with Crippen LogP contribution in [0.2, 0.25) is 0 Å². The lowest BCUT2D eigenvalue weighted by Gasteiger charge is -2.27. The first-order valence-corrected chi connectivity index (χ1v) is 5.56. The van der Waals surface area contributed by atoms with Crippen LogP contribution < -0.4 is 5.32 Å². The fourth-order valence-electron chi connectivity index (χ4n) is 1.79. The molecule has 2 atom stereocenters. The number of hydrogen-bond donors (Lipinski definition) is 1. The Labute approximate surface area is 77.8 Å². The van der Waals surface area contributed by atoms with Gasteiger partial charge in [0.1, 0.15) is 0 Å². The van der Waals surface area contributed by atoms with Crippen LogP contribution in [0.4, 0.5) is 0 Å². The maximum atomic E-state index is 3.52. The Bertz CT molecular complexity index is 222. The second-order valence-corrected chi connectivity index (χ2v) is 4.42. The molecule has 1 saturated heterocycles. The summed E-state index contributed by atoms with van der Waals surface area (Å²) >= 11 is 1.81. The minimum atomic E-state index is 0.722. The molecule has 1 fully saturated rings. The lowest BCUT2D eigenvalue weighted by molar-refractivity contribution is 0.385. The Hall–Kier alpha value is -0.340. The zero-order valence-electron chi connectivity index (χ0n) is 7.42. The van der Waals surface area contributed by atoms with Gasteiger partial charge in [-0.1, -0.05) is 0 Å². The van der Waals surface area contributed by atoms with E-state index in [-0.39, 0.29) is 0 Å². The highest BCUT2D eigenvalue weighted by atomic mass is 32.1. The lowest BCUT2D eigenvalue weighted by atomic mass is 9.91. The molecule has 2 rings (SSSR count). The topological polar surface area (TPSA) is 12.0 Å². The molecule has 0 spiro atoms. The third kappa shape index (κ3) is 1.70. The van der Waals surface area contributed by atoms with Crippen LogP contribution in [0.3, 0.4) is 0 Å². The van der Waals surface area contributed by atoms with Crippen LogP contribution in [-0.2, 0) is 0 Å². The molecule has 0 aliphatic carbocycles. The third-order valence-corrected chi connectivity index (χ3v) is 3.38. The monoisotopic (exact) mass is 181 g/mol. The van der Waals surface area contributed by atoms with Gasteiger partial charge in [0.05, 0.1) is 0 Å². The molecular formula is C10H15NS. The van der Waals surface area contributed by atoms with Gasteiger partial charge in [-0.05, 0) is 48.1 Å². The Kier molecular flexibility index (Phi) is 2.47. The molecule has 0 amide bonds. The van der Waals surface area contributed by atoms with Gasteiger partial charge in [-0.25, -0.2) is 0 Å². The van der Waals surface area contributed by atoms with Gasteiger partial charge in [0.25, 0.3) is 0 Å². The molecule has 0 radical (unpaired) electrons. The molecular weight excluding hydrogens is 166 g/mol. The smallest absolute Gasteiger partial charge is 0.00391 e. The minimum Gasteiger partial charge on any atom is -0.314 e. The number of hydrogen-bond acceptors (Lipinski definition) is 2. The standard InChI is InChI=1S/C10H15NS/c1-8-2-3-9(6-11-8)10-4-5-12-7-10/h4-5,7-9,11H,2-3,6H2,1H3. The second kappa shape index (κ2) is 3.58. The average molecular weight is 181 g/mol.